The average Bonchev–Trinajstić information content (AvgIpc) is 2.81. The minimum Gasteiger partial charge on any atom is -0.378 e. The van der Waals surface area contributed by atoms with Crippen molar-refractivity contribution in [2.45, 2.75) is 57.2 Å². The van der Waals surface area contributed by atoms with Crippen molar-refractivity contribution >= 4 is 10.9 Å². The Kier molecular flexibility index (Phi) is 4.00. The summed E-state index contributed by atoms with van der Waals surface area (Å²) in [6, 6.07) is 8.51. The fraction of sp³-hybridized carbons (Fsp3) is 0.588. The monoisotopic (exact) mass is 287 g/mol. The Bertz CT molecular complexity index is 610. The van der Waals surface area contributed by atoms with Crippen LogP contribution in [-0.4, -0.2) is 28.5 Å². The molecule has 0 radical (unpaired) electrons. The molecule has 4 nitrogen and oxygen atoms in total. The molecule has 1 heterocycles. The van der Waals surface area contributed by atoms with E-state index >= 15 is 0 Å². The highest BCUT2D eigenvalue weighted by molar-refractivity contribution is 5.82. The van der Waals surface area contributed by atoms with Crippen LogP contribution in [-0.2, 0) is 17.7 Å². The number of fused-ring (bicyclic) bond motifs is 1. The van der Waals surface area contributed by atoms with Gasteiger partial charge in [0, 0.05) is 31.5 Å². The van der Waals surface area contributed by atoms with Crippen molar-refractivity contribution in [2.24, 2.45) is 5.73 Å². The molecule has 0 saturated heterocycles. The van der Waals surface area contributed by atoms with Crippen LogP contribution < -0.4 is 5.73 Å². The van der Waals surface area contributed by atoms with E-state index in [0.717, 1.165) is 37.9 Å². The van der Waals surface area contributed by atoms with Crippen molar-refractivity contribution in [3.8, 4) is 0 Å². The first-order valence-electron chi connectivity index (χ1n) is 7.92. The zero-order chi connectivity index (χ0) is 14.9. The molecule has 1 aliphatic carbocycles. The molecule has 1 saturated carbocycles. The lowest BCUT2D eigenvalue weighted by Crippen LogP contribution is -2.45. The summed E-state index contributed by atoms with van der Waals surface area (Å²) in [5.74, 6) is 0. The highest BCUT2D eigenvalue weighted by Gasteiger charge is 2.38. The van der Waals surface area contributed by atoms with Crippen LogP contribution in [0.3, 0.4) is 0 Å². The van der Waals surface area contributed by atoms with Crippen LogP contribution in [0.25, 0.3) is 10.9 Å². The van der Waals surface area contributed by atoms with Gasteiger partial charge < -0.3 is 10.5 Å². The maximum Gasteiger partial charge on any atom is 0.0718 e. The van der Waals surface area contributed by atoms with Crippen LogP contribution in [0.4, 0.5) is 0 Å². The molecule has 1 fully saturated rings. The number of methoxy groups -OCH3 is 1. The summed E-state index contributed by atoms with van der Waals surface area (Å²) in [6.07, 6.45) is 5.28. The van der Waals surface area contributed by atoms with Crippen molar-refractivity contribution in [2.75, 3.05) is 7.11 Å². The second kappa shape index (κ2) is 5.78. The largest absolute Gasteiger partial charge is 0.378 e. The molecule has 2 N–H and O–H groups in total. The zero-order valence-electron chi connectivity index (χ0n) is 13.0. The van der Waals surface area contributed by atoms with Crippen LogP contribution >= 0.6 is 0 Å². The number of ether oxygens (including phenoxy) is 1. The Morgan fingerprint density at radius 1 is 1.38 bits per heavy atom. The fourth-order valence-corrected chi connectivity index (χ4v) is 3.45. The predicted molar refractivity (Wildman–Crippen MR) is 85.3 cm³/mol. The molecule has 1 aromatic carbocycles. The van der Waals surface area contributed by atoms with E-state index < -0.39 is 0 Å². The quantitative estimate of drug-likeness (QED) is 0.889. The van der Waals surface area contributed by atoms with Crippen molar-refractivity contribution in [1.29, 1.82) is 0 Å². The lowest BCUT2D eigenvalue weighted by molar-refractivity contribution is -0.0813. The van der Waals surface area contributed by atoms with E-state index in [0.29, 0.717) is 0 Å². The molecular weight excluding hydrogens is 262 g/mol. The summed E-state index contributed by atoms with van der Waals surface area (Å²) in [7, 11) is 1.81. The maximum absolute atomic E-state index is 6.39. The van der Waals surface area contributed by atoms with Gasteiger partial charge in [0.25, 0.3) is 0 Å². The number of aromatic nitrogens is 2. The number of aryl methyl sites for hydroxylation is 1. The highest BCUT2D eigenvalue weighted by atomic mass is 16.5. The summed E-state index contributed by atoms with van der Waals surface area (Å²) >= 11 is 0. The second-order valence-corrected chi connectivity index (χ2v) is 6.19. The summed E-state index contributed by atoms with van der Waals surface area (Å²) in [4.78, 5) is 0. The van der Waals surface area contributed by atoms with Crippen molar-refractivity contribution in [3.63, 3.8) is 0 Å². The zero-order valence-corrected chi connectivity index (χ0v) is 13.0. The number of para-hydroxylation sites is 1. The molecule has 1 atom stereocenters. The third-order valence-corrected chi connectivity index (χ3v) is 4.82. The first kappa shape index (κ1) is 14.5. The van der Waals surface area contributed by atoms with Crippen molar-refractivity contribution in [1.82, 2.24) is 9.78 Å². The number of nitrogens with two attached hydrogens (primary N) is 1. The molecule has 2 aromatic rings. The molecule has 0 spiro atoms. The van der Waals surface area contributed by atoms with Gasteiger partial charge in [0.05, 0.1) is 16.8 Å². The summed E-state index contributed by atoms with van der Waals surface area (Å²) < 4.78 is 7.75. The molecule has 1 aliphatic rings. The Morgan fingerprint density at radius 2 is 2.14 bits per heavy atom. The van der Waals surface area contributed by atoms with Gasteiger partial charge in [-0.15, -0.1) is 0 Å². The maximum atomic E-state index is 6.39. The van der Waals surface area contributed by atoms with Crippen LogP contribution in [0.15, 0.2) is 24.3 Å². The molecule has 1 unspecified atom stereocenters. The van der Waals surface area contributed by atoms with Gasteiger partial charge in [0.15, 0.2) is 0 Å². The van der Waals surface area contributed by atoms with E-state index in [4.69, 9.17) is 15.6 Å². The molecule has 0 bridgehead atoms. The minimum atomic E-state index is 0.0303. The lowest BCUT2D eigenvalue weighted by Gasteiger charge is -2.42. The van der Waals surface area contributed by atoms with Gasteiger partial charge in [0.2, 0.25) is 0 Å². The lowest BCUT2D eigenvalue weighted by atomic mass is 9.75. The van der Waals surface area contributed by atoms with Gasteiger partial charge in [-0.3, -0.25) is 4.68 Å². The average molecular weight is 287 g/mol. The molecule has 1 aromatic heterocycles. The number of benzene rings is 1. The van der Waals surface area contributed by atoms with Crippen molar-refractivity contribution in [3.05, 3.63) is 30.0 Å². The highest BCUT2D eigenvalue weighted by Crippen LogP contribution is 2.39. The number of hydrogen-bond acceptors (Lipinski definition) is 3. The fourth-order valence-electron chi connectivity index (χ4n) is 3.45. The van der Waals surface area contributed by atoms with E-state index in [1.807, 2.05) is 7.11 Å². The van der Waals surface area contributed by atoms with E-state index in [-0.39, 0.29) is 11.6 Å². The molecular formula is C17H25N3O. The number of nitrogens with zero attached hydrogens (tertiary/aromatic N) is 2. The predicted octanol–water partition coefficient (Wildman–Crippen LogP) is 2.89. The van der Waals surface area contributed by atoms with Crippen LogP contribution in [0.2, 0.25) is 0 Å². The molecule has 0 aliphatic heterocycles. The van der Waals surface area contributed by atoms with Crippen LogP contribution in [0, 0.1) is 0 Å². The van der Waals surface area contributed by atoms with Gasteiger partial charge in [-0.05, 0) is 38.7 Å². The van der Waals surface area contributed by atoms with Crippen LogP contribution in [0.5, 0.6) is 0 Å². The standard InChI is InChI=1S/C17H25N3O/c1-3-20-16-8-5-4-7-14(16)15(19-20)11-13(18)12-17(21-2)9-6-10-17/h4-5,7-8,13H,3,6,9-12,18H2,1-2H3. The van der Waals surface area contributed by atoms with E-state index in [1.165, 1.54) is 17.3 Å². The third kappa shape index (κ3) is 2.70. The number of rotatable bonds is 6. The Balaban J connectivity index is 1.78. The normalized spacial score (nSPS) is 18.6. The van der Waals surface area contributed by atoms with E-state index in [2.05, 4.69) is 35.9 Å². The van der Waals surface area contributed by atoms with Crippen LogP contribution in [0.1, 0.15) is 38.3 Å². The van der Waals surface area contributed by atoms with E-state index in [9.17, 15) is 0 Å². The number of hydrogen-bond donors (Lipinski definition) is 1. The minimum absolute atomic E-state index is 0.0303. The third-order valence-electron chi connectivity index (χ3n) is 4.82. The first-order chi connectivity index (χ1) is 10.2. The molecule has 0 amide bonds. The van der Waals surface area contributed by atoms with E-state index in [1.54, 1.807) is 0 Å². The van der Waals surface area contributed by atoms with Gasteiger partial charge >= 0.3 is 0 Å². The Labute approximate surface area is 126 Å². The van der Waals surface area contributed by atoms with Gasteiger partial charge in [0.1, 0.15) is 0 Å². The summed E-state index contributed by atoms with van der Waals surface area (Å²) in [5, 5.41) is 5.97. The summed E-state index contributed by atoms with van der Waals surface area (Å²) in [5.41, 5.74) is 8.74. The smallest absolute Gasteiger partial charge is 0.0718 e. The molecule has 114 valence electrons. The molecule has 21 heavy (non-hydrogen) atoms. The Morgan fingerprint density at radius 3 is 2.76 bits per heavy atom. The molecule has 4 heteroatoms. The first-order valence-corrected chi connectivity index (χ1v) is 7.92. The van der Waals surface area contributed by atoms with Gasteiger partial charge in [-0.1, -0.05) is 18.2 Å². The van der Waals surface area contributed by atoms with Crippen molar-refractivity contribution < 1.29 is 4.74 Å². The SMILES string of the molecule is CCn1nc(CC(N)CC2(OC)CCC2)c2ccccc21. The topological polar surface area (TPSA) is 53.1 Å². The van der Waals surface area contributed by atoms with Gasteiger partial charge in [-0.2, -0.15) is 5.10 Å². The Hall–Kier alpha value is -1.39. The summed E-state index contributed by atoms with van der Waals surface area (Å²) in [6.45, 7) is 3.01. The van der Waals surface area contributed by atoms with Gasteiger partial charge in [-0.25, -0.2) is 0 Å². The second-order valence-electron chi connectivity index (χ2n) is 6.19. The molecule has 3 rings (SSSR count).